The quantitative estimate of drug-likeness (QED) is 0.504. The van der Waals surface area contributed by atoms with Gasteiger partial charge in [-0.15, -0.1) is 0 Å². The third kappa shape index (κ3) is 3.38. The van der Waals surface area contributed by atoms with Crippen molar-refractivity contribution in [3.05, 3.63) is 42.7 Å². The second kappa shape index (κ2) is 6.41. The van der Waals surface area contributed by atoms with E-state index >= 15 is 0 Å². The van der Waals surface area contributed by atoms with Crippen LogP contribution in [0.1, 0.15) is 0 Å². The number of methoxy groups -OCH3 is 1. The number of halogens is 3. The SMILES string of the molecule is COc1ccc(-c2cc3ncccc3c(OS(=O)(=O)C(F)(F)F)n2)cn1. The number of fused-ring (bicyclic) bond motifs is 1. The van der Waals surface area contributed by atoms with Crippen LogP contribution in [0.15, 0.2) is 42.7 Å². The summed E-state index contributed by atoms with van der Waals surface area (Å²) in [5.41, 5.74) is -4.83. The Morgan fingerprint density at radius 1 is 1.12 bits per heavy atom. The minimum atomic E-state index is -5.88. The molecule has 0 N–H and O–H groups in total. The topological polar surface area (TPSA) is 91.3 Å². The Labute approximate surface area is 145 Å². The number of rotatable bonds is 4. The van der Waals surface area contributed by atoms with Gasteiger partial charge in [0.1, 0.15) is 0 Å². The molecule has 0 saturated carbocycles. The van der Waals surface area contributed by atoms with Crippen LogP contribution in [0.3, 0.4) is 0 Å². The van der Waals surface area contributed by atoms with Crippen LogP contribution in [0.2, 0.25) is 0 Å². The summed E-state index contributed by atoms with van der Waals surface area (Å²) in [6, 6.07) is 7.34. The van der Waals surface area contributed by atoms with Crippen LogP contribution < -0.4 is 8.92 Å². The second-order valence-electron chi connectivity index (χ2n) is 4.96. The maximum Gasteiger partial charge on any atom is 0.534 e. The summed E-state index contributed by atoms with van der Waals surface area (Å²) < 4.78 is 69.8. The summed E-state index contributed by atoms with van der Waals surface area (Å²) in [7, 11) is -4.45. The summed E-state index contributed by atoms with van der Waals surface area (Å²) in [4.78, 5) is 11.9. The average molecular weight is 385 g/mol. The van der Waals surface area contributed by atoms with Gasteiger partial charge in [0.15, 0.2) is 0 Å². The number of alkyl halides is 3. The van der Waals surface area contributed by atoms with E-state index in [9.17, 15) is 21.6 Å². The zero-order chi connectivity index (χ0) is 18.9. The van der Waals surface area contributed by atoms with E-state index in [1.54, 1.807) is 6.07 Å². The molecule has 0 aliphatic rings. The molecule has 11 heteroatoms. The Morgan fingerprint density at radius 2 is 1.88 bits per heavy atom. The number of hydrogen-bond donors (Lipinski definition) is 0. The molecule has 3 heterocycles. The van der Waals surface area contributed by atoms with Crippen molar-refractivity contribution in [1.82, 2.24) is 15.0 Å². The van der Waals surface area contributed by atoms with Gasteiger partial charge in [0.2, 0.25) is 11.8 Å². The highest BCUT2D eigenvalue weighted by molar-refractivity contribution is 7.88. The van der Waals surface area contributed by atoms with E-state index in [-0.39, 0.29) is 16.6 Å². The fraction of sp³-hybridized carbons (Fsp3) is 0.133. The highest BCUT2D eigenvalue weighted by Crippen LogP contribution is 2.32. The highest BCUT2D eigenvalue weighted by atomic mass is 32.2. The van der Waals surface area contributed by atoms with E-state index in [4.69, 9.17) is 4.74 Å². The van der Waals surface area contributed by atoms with Gasteiger partial charge in [0, 0.05) is 24.0 Å². The van der Waals surface area contributed by atoms with Crippen molar-refractivity contribution in [3.8, 4) is 23.0 Å². The predicted molar refractivity (Wildman–Crippen MR) is 84.9 cm³/mol. The predicted octanol–water partition coefficient (Wildman–Crippen LogP) is 2.93. The molecule has 3 aromatic heterocycles. The summed E-state index contributed by atoms with van der Waals surface area (Å²) in [6.45, 7) is 0. The summed E-state index contributed by atoms with van der Waals surface area (Å²) >= 11 is 0. The first-order valence-electron chi connectivity index (χ1n) is 6.98. The molecule has 0 unspecified atom stereocenters. The molecule has 0 bridgehead atoms. The van der Waals surface area contributed by atoms with E-state index in [0.717, 1.165) is 0 Å². The largest absolute Gasteiger partial charge is 0.534 e. The Bertz CT molecular complexity index is 1050. The molecule has 0 atom stereocenters. The number of ether oxygens (including phenoxy) is 1. The van der Waals surface area contributed by atoms with Crippen LogP contribution in [0.4, 0.5) is 13.2 Å². The van der Waals surface area contributed by atoms with Crippen LogP contribution in [-0.4, -0.2) is 36.0 Å². The molecule has 0 saturated heterocycles. The number of nitrogens with zero attached hydrogens (tertiary/aromatic N) is 3. The molecule has 0 amide bonds. The van der Waals surface area contributed by atoms with Gasteiger partial charge in [-0.2, -0.15) is 21.6 Å². The normalized spacial score (nSPS) is 12.2. The fourth-order valence-corrected chi connectivity index (χ4v) is 2.49. The van der Waals surface area contributed by atoms with Gasteiger partial charge in [0.05, 0.1) is 23.7 Å². The molecule has 0 aliphatic heterocycles. The number of hydrogen-bond acceptors (Lipinski definition) is 7. The van der Waals surface area contributed by atoms with Gasteiger partial charge in [-0.25, -0.2) is 9.97 Å². The lowest BCUT2D eigenvalue weighted by Crippen LogP contribution is -2.28. The van der Waals surface area contributed by atoms with Crippen molar-refractivity contribution in [3.63, 3.8) is 0 Å². The lowest BCUT2D eigenvalue weighted by atomic mass is 10.1. The Morgan fingerprint density at radius 3 is 2.50 bits per heavy atom. The number of pyridine rings is 3. The van der Waals surface area contributed by atoms with E-state index in [1.165, 1.54) is 43.8 Å². The van der Waals surface area contributed by atoms with Crippen molar-refractivity contribution in [2.45, 2.75) is 5.51 Å². The standard InChI is InChI=1S/C15H10F3N3O4S/c1-24-13-5-4-9(8-20-13)11-7-12-10(3-2-6-19-12)14(21-11)25-26(22,23)15(16,17)18/h2-8H,1H3. The smallest absolute Gasteiger partial charge is 0.481 e. The molecule has 7 nitrogen and oxygen atoms in total. The van der Waals surface area contributed by atoms with Crippen molar-refractivity contribution < 1.29 is 30.5 Å². The summed E-state index contributed by atoms with van der Waals surface area (Å²) in [5, 5.41) is 0.0190. The van der Waals surface area contributed by atoms with Gasteiger partial charge >= 0.3 is 15.6 Å². The average Bonchev–Trinajstić information content (AvgIpc) is 2.60. The van der Waals surface area contributed by atoms with E-state index in [0.29, 0.717) is 11.4 Å². The molecule has 26 heavy (non-hydrogen) atoms. The minimum Gasteiger partial charge on any atom is -0.481 e. The van der Waals surface area contributed by atoms with Gasteiger partial charge < -0.3 is 8.92 Å². The van der Waals surface area contributed by atoms with Crippen LogP contribution in [0.25, 0.3) is 22.2 Å². The molecule has 0 aromatic carbocycles. The Balaban J connectivity index is 2.15. The molecular formula is C15H10F3N3O4S. The van der Waals surface area contributed by atoms with E-state index < -0.39 is 21.5 Å². The maximum atomic E-state index is 12.6. The Hall–Kier alpha value is -2.95. The van der Waals surface area contributed by atoms with Crippen molar-refractivity contribution in [1.29, 1.82) is 0 Å². The molecule has 0 fully saturated rings. The first-order valence-corrected chi connectivity index (χ1v) is 8.39. The molecule has 0 radical (unpaired) electrons. The van der Waals surface area contributed by atoms with Gasteiger partial charge in [0.25, 0.3) is 0 Å². The third-order valence-corrected chi connectivity index (χ3v) is 4.22. The summed E-state index contributed by atoms with van der Waals surface area (Å²) in [6.07, 6.45) is 2.78. The lowest BCUT2D eigenvalue weighted by molar-refractivity contribution is -0.0500. The van der Waals surface area contributed by atoms with Crippen LogP contribution in [0.5, 0.6) is 11.8 Å². The molecule has 0 spiro atoms. The molecule has 3 aromatic rings. The van der Waals surface area contributed by atoms with Crippen LogP contribution in [-0.2, 0) is 10.1 Å². The molecule has 3 rings (SSSR count). The van der Waals surface area contributed by atoms with Crippen LogP contribution in [0, 0.1) is 0 Å². The third-order valence-electron chi connectivity index (χ3n) is 3.28. The van der Waals surface area contributed by atoms with Gasteiger partial charge in [-0.05, 0) is 24.3 Å². The van der Waals surface area contributed by atoms with Crippen molar-refractivity contribution in [2.75, 3.05) is 7.11 Å². The molecule has 0 aliphatic carbocycles. The monoisotopic (exact) mass is 385 g/mol. The minimum absolute atomic E-state index is 0.0190. The second-order valence-corrected chi connectivity index (χ2v) is 6.49. The van der Waals surface area contributed by atoms with E-state index in [2.05, 4.69) is 19.1 Å². The summed E-state index contributed by atoms with van der Waals surface area (Å²) in [5.74, 6) is -0.400. The zero-order valence-corrected chi connectivity index (χ0v) is 13.9. The van der Waals surface area contributed by atoms with Gasteiger partial charge in [-0.3, -0.25) is 4.98 Å². The molecular weight excluding hydrogens is 375 g/mol. The first-order chi connectivity index (χ1) is 12.2. The lowest BCUT2D eigenvalue weighted by Gasteiger charge is -2.12. The zero-order valence-electron chi connectivity index (χ0n) is 13.1. The van der Waals surface area contributed by atoms with Crippen molar-refractivity contribution in [2.24, 2.45) is 0 Å². The van der Waals surface area contributed by atoms with E-state index in [1.807, 2.05) is 0 Å². The molecule has 136 valence electrons. The first kappa shape index (κ1) is 17.9. The Kier molecular flexibility index (Phi) is 4.40. The fourth-order valence-electron chi connectivity index (χ4n) is 2.06. The van der Waals surface area contributed by atoms with Gasteiger partial charge in [-0.1, -0.05) is 0 Å². The highest BCUT2D eigenvalue weighted by Gasteiger charge is 2.49. The van der Waals surface area contributed by atoms with Crippen LogP contribution >= 0.6 is 0 Å². The maximum absolute atomic E-state index is 12.6. The number of aromatic nitrogens is 3. The van der Waals surface area contributed by atoms with Crippen molar-refractivity contribution >= 4 is 21.0 Å².